The van der Waals surface area contributed by atoms with Gasteiger partial charge in [-0.25, -0.2) is 14.6 Å². The van der Waals surface area contributed by atoms with Gasteiger partial charge >= 0.3 is 0 Å². The Kier molecular flexibility index (Phi) is 3.76. The van der Waals surface area contributed by atoms with Crippen molar-refractivity contribution in [3.05, 3.63) is 90.9 Å². The minimum Gasteiger partial charge on any atom is -0.339 e. The fourth-order valence-corrected chi connectivity index (χ4v) is 3.33. The Morgan fingerprint density at radius 2 is 1.59 bits per heavy atom. The fraction of sp³-hybridized carbons (Fsp3) is 0.0455. The van der Waals surface area contributed by atoms with E-state index in [0.717, 1.165) is 27.9 Å². The van der Waals surface area contributed by atoms with E-state index in [1.807, 2.05) is 47.3 Å². The molecule has 0 aliphatic carbocycles. The lowest BCUT2D eigenvalue weighted by Crippen LogP contribution is -2.03. The molecule has 1 N–H and O–H groups in total. The second kappa shape index (κ2) is 6.53. The summed E-state index contributed by atoms with van der Waals surface area (Å²) >= 11 is 0. The van der Waals surface area contributed by atoms with Crippen molar-refractivity contribution in [2.45, 2.75) is 6.54 Å². The summed E-state index contributed by atoms with van der Waals surface area (Å²) in [7, 11) is 0. The maximum atomic E-state index is 4.53. The molecule has 0 bridgehead atoms. The first-order chi connectivity index (χ1) is 13.4. The average molecular weight is 351 g/mol. The number of nitrogens with one attached hydrogen (secondary N) is 1. The van der Waals surface area contributed by atoms with Crippen LogP contribution in [-0.2, 0) is 6.54 Å². The smallest absolute Gasteiger partial charge is 0.163 e. The number of fused-ring (bicyclic) bond motifs is 2. The van der Waals surface area contributed by atoms with Gasteiger partial charge in [0.15, 0.2) is 5.65 Å². The maximum absolute atomic E-state index is 4.53. The van der Waals surface area contributed by atoms with Crippen molar-refractivity contribution >= 4 is 33.3 Å². The molecule has 0 aliphatic rings. The molecule has 5 rings (SSSR count). The molecular formula is C22H17N5. The second-order valence-corrected chi connectivity index (χ2v) is 6.40. The number of aromatic nitrogens is 4. The van der Waals surface area contributed by atoms with Gasteiger partial charge in [-0.05, 0) is 17.0 Å². The van der Waals surface area contributed by atoms with Gasteiger partial charge in [0.05, 0.1) is 18.1 Å². The van der Waals surface area contributed by atoms with Crippen LogP contribution < -0.4 is 5.32 Å². The first kappa shape index (κ1) is 15.5. The van der Waals surface area contributed by atoms with Crippen molar-refractivity contribution in [1.29, 1.82) is 0 Å². The number of rotatable bonds is 4. The Hall–Kier alpha value is -3.73. The zero-order chi connectivity index (χ0) is 18.1. The predicted molar refractivity (Wildman–Crippen MR) is 108 cm³/mol. The highest BCUT2D eigenvalue weighted by Gasteiger charge is 2.11. The molecule has 0 unspecified atom stereocenters. The first-order valence-corrected chi connectivity index (χ1v) is 8.84. The summed E-state index contributed by atoms with van der Waals surface area (Å²) in [4.78, 5) is 8.91. The quantitative estimate of drug-likeness (QED) is 0.507. The van der Waals surface area contributed by atoms with Crippen LogP contribution in [0.5, 0.6) is 0 Å². The lowest BCUT2D eigenvalue weighted by molar-refractivity contribution is 0.704. The van der Waals surface area contributed by atoms with Crippen molar-refractivity contribution < 1.29 is 0 Å². The van der Waals surface area contributed by atoms with Crippen LogP contribution in [0.2, 0.25) is 0 Å². The van der Waals surface area contributed by atoms with Gasteiger partial charge in [-0.15, -0.1) is 0 Å². The van der Waals surface area contributed by atoms with E-state index in [4.69, 9.17) is 0 Å². The minimum atomic E-state index is 0.676. The van der Waals surface area contributed by atoms with Crippen LogP contribution in [0, 0.1) is 0 Å². The highest BCUT2D eigenvalue weighted by molar-refractivity contribution is 5.97. The molecular weight excluding hydrogens is 334 g/mol. The van der Waals surface area contributed by atoms with Crippen LogP contribution in [0.15, 0.2) is 85.3 Å². The molecule has 130 valence electrons. The second-order valence-electron chi connectivity index (χ2n) is 6.40. The molecule has 2 aromatic heterocycles. The number of nitrogens with zero attached hydrogens (tertiary/aromatic N) is 4. The first-order valence-electron chi connectivity index (χ1n) is 8.84. The summed E-state index contributed by atoms with van der Waals surface area (Å²) in [6.07, 6.45) is 3.41. The Morgan fingerprint density at radius 1 is 0.778 bits per heavy atom. The summed E-state index contributed by atoms with van der Waals surface area (Å²) in [6.45, 7) is 0.676. The predicted octanol–water partition coefficient (Wildman–Crippen LogP) is 4.77. The third kappa shape index (κ3) is 2.89. The molecule has 0 fully saturated rings. The van der Waals surface area contributed by atoms with Gasteiger partial charge in [-0.1, -0.05) is 66.7 Å². The van der Waals surface area contributed by atoms with E-state index in [9.17, 15) is 0 Å². The molecule has 5 heteroatoms. The largest absolute Gasteiger partial charge is 0.339 e. The molecule has 0 saturated carbocycles. The molecule has 0 spiro atoms. The van der Waals surface area contributed by atoms with Crippen LogP contribution >= 0.6 is 0 Å². The number of anilines is 2. The van der Waals surface area contributed by atoms with Crippen molar-refractivity contribution in [1.82, 2.24) is 19.7 Å². The fourth-order valence-electron chi connectivity index (χ4n) is 3.33. The highest BCUT2D eigenvalue weighted by atomic mass is 15.3. The SMILES string of the molecule is c1ccc(Cn2ncc3c(Nc4cccc5ccccc45)ncnc32)cc1. The monoisotopic (exact) mass is 351 g/mol. The number of hydrogen-bond acceptors (Lipinski definition) is 4. The maximum Gasteiger partial charge on any atom is 0.163 e. The van der Waals surface area contributed by atoms with Crippen molar-refractivity contribution in [3.8, 4) is 0 Å². The van der Waals surface area contributed by atoms with Crippen molar-refractivity contribution in [2.75, 3.05) is 5.32 Å². The normalized spacial score (nSPS) is 11.1. The third-order valence-corrected chi connectivity index (χ3v) is 4.65. The lowest BCUT2D eigenvalue weighted by atomic mass is 10.1. The Bertz CT molecular complexity index is 1220. The van der Waals surface area contributed by atoms with Gasteiger partial charge in [-0.3, -0.25) is 0 Å². The zero-order valence-corrected chi connectivity index (χ0v) is 14.6. The van der Waals surface area contributed by atoms with Gasteiger partial charge in [0.2, 0.25) is 0 Å². The summed E-state index contributed by atoms with van der Waals surface area (Å²) in [5, 5.41) is 11.2. The van der Waals surface area contributed by atoms with E-state index in [-0.39, 0.29) is 0 Å². The molecule has 0 aliphatic heterocycles. The zero-order valence-electron chi connectivity index (χ0n) is 14.6. The Morgan fingerprint density at radius 3 is 2.52 bits per heavy atom. The molecule has 3 aromatic carbocycles. The molecule has 5 nitrogen and oxygen atoms in total. The Labute approximate surface area is 156 Å². The van der Waals surface area contributed by atoms with E-state index in [1.54, 1.807) is 6.33 Å². The molecule has 2 heterocycles. The van der Waals surface area contributed by atoms with E-state index in [1.165, 1.54) is 10.9 Å². The van der Waals surface area contributed by atoms with E-state index in [0.29, 0.717) is 6.54 Å². The van der Waals surface area contributed by atoms with Gasteiger partial charge in [-0.2, -0.15) is 5.10 Å². The van der Waals surface area contributed by atoms with Crippen LogP contribution in [0.1, 0.15) is 5.56 Å². The molecule has 0 radical (unpaired) electrons. The van der Waals surface area contributed by atoms with Crippen LogP contribution in [0.25, 0.3) is 21.8 Å². The topological polar surface area (TPSA) is 55.6 Å². The summed E-state index contributed by atoms with van der Waals surface area (Å²) in [5.41, 5.74) is 3.02. The molecule has 5 aromatic rings. The van der Waals surface area contributed by atoms with Gasteiger partial charge in [0.1, 0.15) is 12.1 Å². The highest BCUT2D eigenvalue weighted by Crippen LogP contribution is 2.28. The molecule has 0 amide bonds. The van der Waals surface area contributed by atoms with E-state index >= 15 is 0 Å². The summed E-state index contributed by atoms with van der Waals surface area (Å²) in [6, 6.07) is 24.8. The average Bonchev–Trinajstić information content (AvgIpc) is 3.13. The van der Waals surface area contributed by atoms with Crippen LogP contribution in [0.4, 0.5) is 11.5 Å². The van der Waals surface area contributed by atoms with Gasteiger partial charge in [0.25, 0.3) is 0 Å². The molecule has 0 saturated heterocycles. The number of hydrogen-bond donors (Lipinski definition) is 1. The number of benzene rings is 3. The standard InChI is InChI=1S/C22H17N5/c1-2-7-16(8-3-1)14-27-22-19(13-25-27)21(23-15-24-22)26-20-12-6-10-17-9-4-5-11-18(17)20/h1-13,15H,14H2,(H,23,24,26). The lowest BCUT2D eigenvalue weighted by Gasteiger charge is -2.10. The Balaban J connectivity index is 1.54. The van der Waals surface area contributed by atoms with Crippen LogP contribution in [0.3, 0.4) is 0 Å². The van der Waals surface area contributed by atoms with E-state index in [2.05, 4.69) is 56.8 Å². The summed E-state index contributed by atoms with van der Waals surface area (Å²) < 4.78 is 1.90. The summed E-state index contributed by atoms with van der Waals surface area (Å²) in [5.74, 6) is 0.760. The molecule has 27 heavy (non-hydrogen) atoms. The minimum absolute atomic E-state index is 0.676. The third-order valence-electron chi connectivity index (χ3n) is 4.65. The van der Waals surface area contributed by atoms with Crippen molar-refractivity contribution in [2.24, 2.45) is 0 Å². The van der Waals surface area contributed by atoms with E-state index < -0.39 is 0 Å². The molecule has 0 atom stereocenters. The van der Waals surface area contributed by atoms with Crippen molar-refractivity contribution in [3.63, 3.8) is 0 Å². The van der Waals surface area contributed by atoms with Gasteiger partial charge in [0, 0.05) is 11.1 Å². The van der Waals surface area contributed by atoms with Crippen LogP contribution in [-0.4, -0.2) is 19.7 Å². The van der Waals surface area contributed by atoms with Gasteiger partial charge < -0.3 is 5.32 Å².